The number of nitrogens with zero attached hydrogens (tertiary/aromatic N) is 1. The summed E-state index contributed by atoms with van der Waals surface area (Å²) in [7, 11) is 2.21. The van der Waals surface area contributed by atoms with Gasteiger partial charge in [0.25, 0.3) is 0 Å². The molecule has 0 radical (unpaired) electrons. The van der Waals surface area contributed by atoms with E-state index in [0.29, 0.717) is 12.1 Å². The topological polar surface area (TPSA) is 15.3 Å². The van der Waals surface area contributed by atoms with Crippen LogP contribution in [-0.2, 0) is 0 Å². The Balaban J connectivity index is 2.01. The van der Waals surface area contributed by atoms with Crippen molar-refractivity contribution in [3.05, 3.63) is 34.9 Å². The van der Waals surface area contributed by atoms with Gasteiger partial charge in [-0.1, -0.05) is 37.1 Å². The molecule has 0 amide bonds. The van der Waals surface area contributed by atoms with Crippen LogP contribution in [0.1, 0.15) is 44.2 Å². The Morgan fingerprint density at radius 2 is 2.11 bits per heavy atom. The fourth-order valence-electron chi connectivity index (χ4n) is 2.92. The molecule has 19 heavy (non-hydrogen) atoms. The predicted octanol–water partition coefficient (Wildman–Crippen LogP) is 3.87. The lowest BCUT2D eigenvalue weighted by Crippen LogP contribution is -2.45. The summed E-state index contributed by atoms with van der Waals surface area (Å²) in [6.07, 6.45) is 4.97. The predicted molar refractivity (Wildman–Crippen MR) is 82.8 cm³/mol. The monoisotopic (exact) mass is 280 g/mol. The van der Waals surface area contributed by atoms with Crippen LogP contribution in [-0.4, -0.2) is 31.1 Å². The Labute approximate surface area is 122 Å². The van der Waals surface area contributed by atoms with E-state index in [1.54, 1.807) is 0 Å². The molecular weight excluding hydrogens is 256 g/mol. The van der Waals surface area contributed by atoms with Crippen LogP contribution in [0.2, 0.25) is 5.02 Å². The van der Waals surface area contributed by atoms with Crippen LogP contribution in [0.25, 0.3) is 0 Å². The number of halogens is 1. The van der Waals surface area contributed by atoms with E-state index in [-0.39, 0.29) is 0 Å². The number of hydrogen-bond donors (Lipinski definition) is 1. The Bertz CT molecular complexity index is 377. The Morgan fingerprint density at radius 1 is 1.37 bits per heavy atom. The van der Waals surface area contributed by atoms with Crippen LogP contribution < -0.4 is 5.32 Å². The Hall–Kier alpha value is -0.570. The van der Waals surface area contributed by atoms with E-state index in [4.69, 9.17) is 11.6 Å². The van der Waals surface area contributed by atoms with E-state index in [9.17, 15) is 0 Å². The quantitative estimate of drug-likeness (QED) is 0.881. The maximum atomic E-state index is 5.98. The molecule has 1 saturated heterocycles. The minimum atomic E-state index is 0.457. The summed E-state index contributed by atoms with van der Waals surface area (Å²) >= 11 is 5.98. The molecule has 0 spiro atoms. The molecule has 1 aromatic rings. The summed E-state index contributed by atoms with van der Waals surface area (Å²) < 4.78 is 0. The van der Waals surface area contributed by atoms with Crippen LogP contribution in [0.4, 0.5) is 0 Å². The van der Waals surface area contributed by atoms with Crippen molar-refractivity contribution in [3.63, 3.8) is 0 Å². The van der Waals surface area contributed by atoms with Crippen molar-refractivity contribution in [2.45, 2.75) is 44.7 Å². The first kappa shape index (κ1) is 14.8. The Kier molecular flexibility index (Phi) is 5.68. The molecule has 0 bridgehead atoms. The highest BCUT2D eigenvalue weighted by Gasteiger charge is 2.20. The van der Waals surface area contributed by atoms with Gasteiger partial charge in [-0.25, -0.2) is 0 Å². The van der Waals surface area contributed by atoms with Gasteiger partial charge in [0.1, 0.15) is 0 Å². The largest absolute Gasteiger partial charge is 0.306 e. The number of hydrogen-bond acceptors (Lipinski definition) is 2. The lowest BCUT2D eigenvalue weighted by Gasteiger charge is -2.33. The van der Waals surface area contributed by atoms with E-state index in [0.717, 1.165) is 11.6 Å². The number of nitrogens with one attached hydrogen (secondary N) is 1. The molecule has 0 saturated carbocycles. The van der Waals surface area contributed by atoms with Crippen LogP contribution in [0.3, 0.4) is 0 Å². The first-order chi connectivity index (χ1) is 9.19. The normalized spacial score (nSPS) is 22.4. The molecule has 2 rings (SSSR count). The van der Waals surface area contributed by atoms with Gasteiger partial charge in [-0.15, -0.1) is 0 Å². The number of likely N-dealkylation sites (N-methyl/N-ethyl adjacent to an activating group) is 1. The van der Waals surface area contributed by atoms with Gasteiger partial charge in [0.15, 0.2) is 0 Å². The van der Waals surface area contributed by atoms with Gasteiger partial charge in [0.2, 0.25) is 0 Å². The second kappa shape index (κ2) is 7.28. The van der Waals surface area contributed by atoms with Gasteiger partial charge >= 0.3 is 0 Å². The summed E-state index contributed by atoms with van der Waals surface area (Å²) in [5, 5.41) is 4.65. The van der Waals surface area contributed by atoms with Crippen molar-refractivity contribution < 1.29 is 0 Å². The van der Waals surface area contributed by atoms with Gasteiger partial charge in [-0.05, 0) is 50.6 Å². The van der Waals surface area contributed by atoms with Crippen molar-refractivity contribution in [2.24, 2.45) is 0 Å². The number of rotatable bonds is 5. The molecule has 2 atom stereocenters. The average molecular weight is 281 g/mol. The van der Waals surface area contributed by atoms with Crippen molar-refractivity contribution in [1.82, 2.24) is 10.2 Å². The molecule has 1 heterocycles. The molecule has 1 N–H and O–H groups in total. The van der Waals surface area contributed by atoms with Crippen LogP contribution in [0.5, 0.6) is 0 Å². The maximum Gasteiger partial charge on any atom is 0.0406 e. The lowest BCUT2D eigenvalue weighted by molar-refractivity contribution is 0.214. The highest BCUT2D eigenvalue weighted by atomic mass is 35.5. The van der Waals surface area contributed by atoms with Gasteiger partial charge in [0, 0.05) is 23.7 Å². The van der Waals surface area contributed by atoms with Gasteiger partial charge < -0.3 is 10.2 Å². The molecule has 106 valence electrons. The summed E-state index contributed by atoms with van der Waals surface area (Å²) in [5.74, 6) is 0. The molecule has 3 heteroatoms. The van der Waals surface area contributed by atoms with Crippen LogP contribution in [0, 0.1) is 0 Å². The SMILES string of the molecule is CCCC(NC1CCCN(C)C1)c1ccc(Cl)cc1. The lowest BCUT2D eigenvalue weighted by atomic mass is 9.99. The maximum absolute atomic E-state index is 5.98. The van der Waals surface area contributed by atoms with E-state index >= 15 is 0 Å². The zero-order chi connectivity index (χ0) is 13.7. The molecule has 0 aromatic heterocycles. The van der Waals surface area contributed by atoms with Crippen molar-refractivity contribution in [3.8, 4) is 0 Å². The highest BCUT2D eigenvalue weighted by molar-refractivity contribution is 6.30. The molecule has 2 nitrogen and oxygen atoms in total. The average Bonchev–Trinajstić information content (AvgIpc) is 2.39. The van der Waals surface area contributed by atoms with E-state index in [1.807, 2.05) is 12.1 Å². The molecule has 2 unspecified atom stereocenters. The van der Waals surface area contributed by atoms with Gasteiger partial charge in [0.05, 0.1) is 0 Å². The minimum absolute atomic E-state index is 0.457. The highest BCUT2D eigenvalue weighted by Crippen LogP contribution is 2.22. The molecule has 1 aromatic carbocycles. The minimum Gasteiger partial charge on any atom is -0.306 e. The van der Waals surface area contributed by atoms with Gasteiger partial charge in [-0.2, -0.15) is 0 Å². The third kappa shape index (κ3) is 4.48. The second-order valence-corrected chi connectivity index (χ2v) is 6.10. The molecule has 1 aliphatic rings. The Morgan fingerprint density at radius 3 is 2.74 bits per heavy atom. The second-order valence-electron chi connectivity index (χ2n) is 5.66. The molecule has 1 aliphatic heterocycles. The summed E-state index contributed by atoms with van der Waals surface area (Å²) in [6, 6.07) is 9.37. The molecule has 0 aliphatic carbocycles. The number of likely N-dealkylation sites (tertiary alicyclic amines) is 1. The fraction of sp³-hybridized carbons (Fsp3) is 0.625. The van der Waals surface area contributed by atoms with E-state index in [2.05, 4.69) is 36.3 Å². The van der Waals surface area contributed by atoms with Crippen molar-refractivity contribution in [1.29, 1.82) is 0 Å². The van der Waals surface area contributed by atoms with Gasteiger partial charge in [-0.3, -0.25) is 0 Å². The van der Waals surface area contributed by atoms with Crippen molar-refractivity contribution in [2.75, 3.05) is 20.1 Å². The molecule has 1 fully saturated rings. The standard InChI is InChI=1S/C16H25ClN2/c1-3-5-16(13-7-9-14(17)10-8-13)18-15-6-4-11-19(2)12-15/h7-10,15-16,18H,3-6,11-12H2,1-2H3. The van der Waals surface area contributed by atoms with E-state index in [1.165, 1.54) is 37.8 Å². The van der Waals surface area contributed by atoms with Crippen molar-refractivity contribution >= 4 is 11.6 Å². The third-order valence-corrected chi connectivity index (χ3v) is 4.16. The van der Waals surface area contributed by atoms with E-state index < -0.39 is 0 Å². The molecular formula is C16H25ClN2. The fourth-order valence-corrected chi connectivity index (χ4v) is 3.04. The first-order valence-corrected chi connectivity index (χ1v) is 7.77. The van der Waals surface area contributed by atoms with Crippen LogP contribution >= 0.6 is 11.6 Å². The summed E-state index contributed by atoms with van der Waals surface area (Å²) in [6.45, 7) is 4.64. The zero-order valence-electron chi connectivity index (χ0n) is 12.0. The van der Waals surface area contributed by atoms with Crippen LogP contribution in [0.15, 0.2) is 24.3 Å². The first-order valence-electron chi connectivity index (χ1n) is 7.39. The summed E-state index contributed by atoms with van der Waals surface area (Å²) in [4.78, 5) is 2.42. The zero-order valence-corrected chi connectivity index (χ0v) is 12.8. The number of benzene rings is 1. The third-order valence-electron chi connectivity index (χ3n) is 3.91. The smallest absolute Gasteiger partial charge is 0.0406 e. The summed E-state index contributed by atoms with van der Waals surface area (Å²) in [5.41, 5.74) is 1.36. The number of piperidine rings is 1.